The minimum Gasteiger partial charge on any atom is -0.320 e. The van der Waals surface area contributed by atoms with Crippen LogP contribution in [0.3, 0.4) is 0 Å². The number of aromatic nitrogens is 7. The Bertz CT molecular complexity index is 1560. The smallest absolute Gasteiger partial charge is 0.320 e. The number of hydrogen-bond acceptors (Lipinski definition) is 6. The van der Waals surface area contributed by atoms with E-state index >= 15 is 0 Å². The van der Waals surface area contributed by atoms with E-state index in [0.717, 1.165) is 11.8 Å². The predicted molar refractivity (Wildman–Crippen MR) is 121 cm³/mol. The molecule has 35 heavy (non-hydrogen) atoms. The molecule has 0 aliphatic rings. The van der Waals surface area contributed by atoms with Gasteiger partial charge in [0.05, 0.1) is 52.3 Å². The molecule has 0 bridgehead atoms. The lowest BCUT2D eigenvalue weighted by atomic mass is 10.1. The summed E-state index contributed by atoms with van der Waals surface area (Å²) in [6.07, 6.45) is 1.64. The molecule has 5 rings (SSSR count). The van der Waals surface area contributed by atoms with Crippen LogP contribution in [0.4, 0.5) is 18.9 Å². The van der Waals surface area contributed by atoms with Crippen molar-refractivity contribution in [3.63, 3.8) is 0 Å². The first-order valence-corrected chi connectivity index (χ1v) is 10.5. The number of carbonyl (C=O) groups excluding carboxylic acids is 1. The van der Waals surface area contributed by atoms with Crippen molar-refractivity contribution in [2.45, 2.75) is 13.1 Å². The monoisotopic (exact) mass is 498 g/mol. The van der Waals surface area contributed by atoms with Crippen LogP contribution in [-0.4, -0.2) is 40.6 Å². The van der Waals surface area contributed by atoms with E-state index in [1.807, 2.05) is 0 Å². The number of nitrogens with zero attached hydrogens (tertiary/aromatic N) is 7. The van der Waals surface area contributed by atoms with Gasteiger partial charge in [-0.2, -0.15) is 28.5 Å². The summed E-state index contributed by atoms with van der Waals surface area (Å²) in [4.78, 5) is 22.4. The molecule has 0 saturated carbocycles. The van der Waals surface area contributed by atoms with E-state index in [-0.39, 0.29) is 22.2 Å². The minimum absolute atomic E-state index is 0.0850. The van der Waals surface area contributed by atoms with E-state index in [1.165, 1.54) is 35.5 Å². The summed E-state index contributed by atoms with van der Waals surface area (Å²) in [5, 5.41) is 14.7. The Kier molecular flexibility index (Phi) is 5.44. The summed E-state index contributed by atoms with van der Waals surface area (Å²) < 4.78 is 43.2. The average molecular weight is 499 g/mol. The molecule has 5 aromatic rings. The van der Waals surface area contributed by atoms with Crippen LogP contribution in [0.15, 0.2) is 61.3 Å². The molecule has 0 saturated heterocycles. The zero-order valence-corrected chi connectivity index (χ0v) is 18.6. The van der Waals surface area contributed by atoms with E-state index in [2.05, 4.69) is 30.6 Å². The third-order valence-electron chi connectivity index (χ3n) is 5.15. The van der Waals surface area contributed by atoms with Gasteiger partial charge in [0.1, 0.15) is 0 Å². The molecule has 176 valence electrons. The van der Waals surface area contributed by atoms with Crippen molar-refractivity contribution in [1.82, 2.24) is 34.7 Å². The normalized spacial score (nSPS) is 11.7. The topological polar surface area (TPSA) is 103 Å². The predicted octanol–water partition coefficient (Wildman–Crippen LogP) is 4.63. The molecular weight excluding hydrogens is 485 g/mol. The minimum atomic E-state index is -4.88. The van der Waals surface area contributed by atoms with Gasteiger partial charge in [-0.05, 0) is 36.8 Å². The number of alkyl halides is 3. The molecule has 0 atom stereocenters. The molecule has 4 aromatic heterocycles. The van der Waals surface area contributed by atoms with Crippen LogP contribution in [-0.2, 0) is 6.18 Å². The SMILES string of the molecule is Cc1ccc(-n2ncc(C(=O)Nc3cnc(-n4nccn4)c(Cl)c3)c2C(F)(F)F)c2cccnc12. The second kappa shape index (κ2) is 8.47. The highest BCUT2D eigenvalue weighted by molar-refractivity contribution is 6.32. The maximum atomic E-state index is 14.2. The van der Waals surface area contributed by atoms with Crippen molar-refractivity contribution in [1.29, 1.82) is 0 Å². The van der Waals surface area contributed by atoms with Gasteiger partial charge in [0, 0.05) is 11.6 Å². The maximum Gasteiger partial charge on any atom is 0.434 e. The summed E-state index contributed by atoms with van der Waals surface area (Å²) in [5.41, 5.74) is -0.328. The number of hydrogen-bond donors (Lipinski definition) is 1. The maximum absolute atomic E-state index is 14.2. The van der Waals surface area contributed by atoms with Crippen molar-refractivity contribution in [2.24, 2.45) is 0 Å². The van der Waals surface area contributed by atoms with Gasteiger partial charge in [0.2, 0.25) is 0 Å². The molecule has 13 heteroatoms. The lowest BCUT2D eigenvalue weighted by molar-refractivity contribution is -0.143. The summed E-state index contributed by atoms with van der Waals surface area (Å²) in [6, 6.07) is 7.76. The largest absolute Gasteiger partial charge is 0.434 e. The van der Waals surface area contributed by atoms with E-state index in [4.69, 9.17) is 11.6 Å². The highest BCUT2D eigenvalue weighted by Crippen LogP contribution is 2.36. The number of halogens is 4. The Balaban J connectivity index is 1.54. The average Bonchev–Trinajstić information content (AvgIpc) is 3.50. The van der Waals surface area contributed by atoms with Crippen molar-refractivity contribution < 1.29 is 18.0 Å². The number of amides is 1. The molecule has 0 fully saturated rings. The van der Waals surface area contributed by atoms with Crippen LogP contribution >= 0.6 is 11.6 Å². The van der Waals surface area contributed by atoms with E-state index in [0.29, 0.717) is 15.6 Å². The number of carbonyl (C=O) groups is 1. The number of nitrogens with one attached hydrogen (secondary N) is 1. The highest BCUT2D eigenvalue weighted by Gasteiger charge is 2.41. The fourth-order valence-electron chi connectivity index (χ4n) is 3.62. The van der Waals surface area contributed by atoms with Crippen LogP contribution in [0, 0.1) is 6.92 Å². The number of benzene rings is 1. The summed E-state index contributed by atoms with van der Waals surface area (Å²) >= 11 is 6.19. The molecule has 9 nitrogen and oxygen atoms in total. The van der Waals surface area contributed by atoms with Gasteiger partial charge in [0.25, 0.3) is 5.91 Å². The Labute approximate surface area is 200 Å². The molecule has 4 heterocycles. The molecule has 0 aliphatic heterocycles. The van der Waals surface area contributed by atoms with Crippen LogP contribution in [0.5, 0.6) is 0 Å². The van der Waals surface area contributed by atoms with Crippen LogP contribution in [0.1, 0.15) is 21.6 Å². The first-order valence-electron chi connectivity index (χ1n) is 10.1. The molecule has 0 radical (unpaired) electrons. The van der Waals surface area contributed by atoms with Gasteiger partial charge in [-0.3, -0.25) is 9.78 Å². The fourth-order valence-corrected chi connectivity index (χ4v) is 3.87. The van der Waals surface area contributed by atoms with Crippen LogP contribution < -0.4 is 5.32 Å². The van der Waals surface area contributed by atoms with Gasteiger partial charge in [-0.1, -0.05) is 17.7 Å². The van der Waals surface area contributed by atoms with E-state index in [1.54, 1.807) is 31.3 Å². The molecule has 0 unspecified atom stereocenters. The van der Waals surface area contributed by atoms with Crippen molar-refractivity contribution in [3.8, 4) is 11.5 Å². The number of anilines is 1. The van der Waals surface area contributed by atoms with Crippen LogP contribution in [0.2, 0.25) is 5.02 Å². The number of pyridine rings is 2. The van der Waals surface area contributed by atoms with Gasteiger partial charge in [-0.25, -0.2) is 9.67 Å². The first kappa shape index (κ1) is 22.5. The van der Waals surface area contributed by atoms with Crippen molar-refractivity contribution >= 4 is 34.1 Å². The Hall–Kier alpha value is -4.32. The zero-order chi connectivity index (χ0) is 24.7. The summed E-state index contributed by atoms with van der Waals surface area (Å²) in [6.45, 7) is 1.80. The third kappa shape index (κ3) is 4.08. The number of aryl methyl sites for hydroxylation is 1. The standard InChI is InChI=1S/C22H14ClF3N8O/c1-12-4-5-17(14-3-2-6-27-18(12)14)33-19(22(24,25)26)15(11-31-33)21(35)32-13-9-16(23)20(28-10-13)34-29-7-8-30-34/h2-11H,1H3,(H,32,35). The number of rotatable bonds is 4. The molecule has 0 spiro atoms. The lowest BCUT2D eigenvalue weighted by Crippen LogP contribution is -2.21. The van der Waals surface area contributed by atoms with Crippen molar-refractivity contribution in [2.75, 3.05) is 5.32 Å². The quantitative estimate of drug-likeness (QED) is 0.387. The summed E-state index contributed by atoms with van der Waals surface area (Å²) in [5.74, 6) is -0.834. The van der Waals surface area contributed by atoms with Gasteiger partial charge < -0.3 is 5.32 Å². The van der Waals surface area contributed by atoms with Gasteiger partial charge in [0.15, 0.2) is 11.5 Å². The highest BCUT2D eigenvalue weighted by atomic mass is 35.5. The fraction of sp³-hybridized carbons (Fsp3) is 0.0909. The lowest BCUT2D eigenvalue weighted by Gasteiger charge is -2.15. The van der Waals surface area contributed by atoms with E-state index < -0.39 is 23.3 Å². The second-order valence-corrected chi connectivity index (χ2v) is 7.83. The third-order valence-corrected chi connectivity index (χ3v) is 5.42. The first-order chi connectivity index (χ1) is 16.7. The Morgan fingerprint density at radius 2 is 1.80 bits per heavy atom. The number of fused-ring (bicyclic) bond motifs is 1. The molecular formula is C22H14ClF3N8O. The van der Waals surface area contributed by atoms with Gasteiger partial charge in [-0.15, -0.1) is 4.80 Å². The van der Waals surface area contributed by atoms with Gasteiger partial charge >= 0.3 is 6.18 Å². The second-order valence-electron chi connectivity index (χ2n) is 7.42. The molecule has 1 N–H and O–H groups in total. The van der Waals surface area contributed by atoms with E-state index in [9.17, 15) is 18.0 Å². The van der Waals surface area contributed by atoms with Crippen LogP contribution in [0.25, 0.3) is 22.4 Å². The Morgan fingerprint density at radius 1 is 1.03 bits per heavy atom. The molecule has 0 aliphatic carbocycles. The Morgan fingerprint density at radius 3 is 2.51 bits per heavy atom. The summed E-state index contributed by atoms with van der Waals surface area (Å²) in [7, 11) is 0. The molecule has 1 aromatic carbocycles. The van der Waals surface area contributed by atoms with Crippen molar-refractivity contribution in [3.05, 3.63) is 83.2 Å². The molecule has 1 amide bonds. The zero-order valence-electron chi connectivity index (χ0n) is 17.8.